The van der Waals surface area contributed by atoms with Crippen molar-refractivity contribution >= 4 is 46.5 Å². The van der Waals surface area contributed by atoms with E-state index < -0.39 is 0 Å². The van der Waals surface area contributed by atoms with Crippen molar-refractivity contribution in [2.24, 2.45) is 5.84 Å². The molecule has 1 aromatic carbocycles. The summed E-state index contributed by atoms with van der Waals surface area (Å²) in [6.45, 7) is 2.12. The Bertz CT molecular complexity index is 1200. The Morgan fingerprint density at radius 1 is 1.00 bits per heavy atom. The number of nitrogen functional groups attached to an aromatic ring is 1. The lowest BCUT2D eigenvalue weighted by Crippen LogP contribution is -2.06. The highest BCUT2D eigenvalue weighted by Crippen LogP contribution is 2.16. The molecule has 0 amide bonds. The maximum atomic E-state index is 11.6. The van der Waals surface area contributed by atoms with Crippen LogP contribution in [0.3, 0.4) is 0 Å². The van der Waals surface area contributed by atoms with Crippen LogP contribution in [0.2, 0.25) is 10.3 Å². The van der Waals surface area contributed by atoms with Crippen molar-refractivity contribution in [3.8, 4) is 5.69 Å². The lowest BCUT2D eigenvalue weighted by Gasteiger charge is -2.04. The number of rotatable bonds is 6. The molecule has 0 saturated heterocycles. The number of aromatic nitrogens is 5. The van der Waals surface area contributed by atoms with Gasteiger partial charge in [0.25, 0.3) is 0 Å². The number of carbonyl (C=O) groups is 1. The van der Waals surface area contributed by atoms with Crippen LogP contribution in [0.25, 0.3) is 5.69 Å². The summed E-state index contributed by atoms with van der Waals surface area (Å²) in [5, 5.41) is 8.20. The normalized spacial score (nSPS) is 10.1. The molecule has 0 unspecified atom stereocenters. The molecule has 0 aliphatic heterocycles. The van der Waals surface area contributed by atoms with Crippen LogP contribution in [0.1, 0.15) is 17.3 Å². The number of anilines is 3. The van der Waals surface area contributed by atoms with Gasteiger partial charge in [-0.2, -0.15) is 4.98 Å². The molecule has 0 spiro atoms. The van der Waals surface area contributed by atoms with Crippen molar-refractivity contribution in [3.05, 3.63) is 83.1 Å². The number of nitrogens with two attached hydrogens (primary N) is 1. The third-order valence-corrected chi connectivity index (χ3v) is 4.43. The van der Waals surface area contributed by atoms with Gasteiger partial charge in [0.1, 0.15) is 16.6 Å². The van der Waals surface area contributed by atoms with Gasteiger partial charge in [-0.05, 0) is 49.4 Å². The third kappa shape index (κ3) is 7.14. The molecular formula is C21H20Cl2N8O2. The van der Waals surface area contributed by atoms with E-state index in [4.69, 9.17) is 33.8 Å². The Kier molecular flexibility index (Phi) is 8.53. The van der Waals surface area contributed by atoms with E-state index in [1.807, 2.05) is 0 Å². The molecule has 0 aliphatic rings. The zero-order chi connectivity index (χ0) is 23.6. The lowest BCUT2D eigenvalue weighted by atomic mass is 10.2. The van der Waals surface area contributed by atoms with E-state index in [1.54, 1.807) is 78.9 Å². The van der Waals surface area contributed by atoms with Gasteiger partial charge in [0, 0.05) is 24.1 Å². The number of halogens is 2. The van der Waals surface area contributed by atoms with Crippen molar-refractivity contribution in [2.75, 3.05) is 17.3 Å². The van der Waals surface area contributed by atoms with E-state index >= 15 is 0 Å². The molecule has 0 aliphatic carbocycles. The number of pyridine rings is 2. The molecule has 170 valence electrons. The summed E-state index contributed by atoms with van der Waals surface area (Å²) >= 11 is 11.4. The van der Waals surface area contributed by atoms with Crippen LogP contribution in [0.4, 0.5) is 17.3 Å². The van der Waals surface area contributed by atoms with Crippen LogP contribution < -0.4 is 16.6 Å². The lowest BCUT2D eigenvalue weighted by molar-refractivity contribution is 0.0526. The van der Waals surface area contributed by atoms with Crippen LogP contribution in [0.15, 0.2) is 67.3 Å². The molecule has 3 aromatic heterocycles. The van der Waals surface area contributed by atoms with E-state index in [0.29, 0.717) is 28.4 Å². The van der Waals surface area contributed by atoms with Gasteiger partial charge in [-0.15, -0.1) is 5.10 Å². The van der Waals surface area contributed by atoms with Gasteiger partial charge < -0.3 is 15.5 Å². The molecule has 0 bridgehead atoms. The standard InChI is InChI=1S/C16H14ClN5O2.C5H6ClN3/c1-2-24-15(23)11-3-5-12(6-4-11)20-16-19-10-22(21-16)13-7-8-18-14(17)9-13;6-5-3-4(9-7)1-2-8-5/h3-10H,2H2,1H3,(H,20,21);1-3H,7H2,(H,8,9). The van der Waals surface area contributed by atoms with Gasteiger partial charge in [0.15, 0.2) is 0 Å². The molecule has 12 heteroatoms. The Morgan fingerprint density at radius 2 is 1.70 bits per heavy atom. The summed E-state index contributed by atoms with van der Waals surface area (Å²) in [4.78, 5) is 23.5. The first kappa shape index (κ1) is 23.9. The molecule has 3 heterocycles. The van der Waals surface area contributed by atoms with Crippen molar-refractivity contribution < 1.29 is 9.53 Å². The summed E-state index contributed by atoms with van der Waals surface area (Å²) < 4.78 is 6.53. The molecule has 0 saturated carbocycles. The van der Waals surface area contributed by atoms with Crippen molar-refractivity contribution in [3.63, 3.8) is 0 Å². The van der Waals surface area contributed by atoms with Crippen LogP contribution in [-0.4, -0.2) is 37.3 Å². The summed E-state index contributed by atoms with van der Waals surface area (Å²) in [6.07, 6.45) is 4.75. The van der Waals surface area contributed by atoms with Gasteiger partial charge in [-0.1, -0.05) is 23.2 Å². The minimum atomic E-state index is -0.346. The van der Waals surface area contributed by atoms with Gasteiger partial charge in [-0.3, -0.25) is 5.84 Å². The first-order valence-electron chi connectivity index (χ1n) is 9.64. The predicted octanol–water partition coefficient (Wildman–Crippen LogP) is 4.26. The van der Waals surface area contributed by atoms with Crippen LogP contribution in [-0.2, 0) is 4.74 Å². The Hall–Kier alpha value is -3.73. The zero-order valence-corrected chi connectivity index (χ0v) is 19.0. The summed E-state index contributed by atoms with van der Waals surface area (Å²) in [5.74, 6) is 5.16. The molecule has 0 atom stereocenters. The average molecular weight is 487 g/mol. The van der Waals surface area contributed by atoms with Crippen molar-refractivity contribution in [1.29, 1.82) is 0 Å². The van der Waals surface area contributed by atoms with E-state index in [-0.39, 0.29) is 5.97 Å². The number of ether oxygens (including phenoxy) is 1. The Morgan fingerprint density at radius 3 is 2.30 bits per heavy atom. The number of hydrogen-bond acceptors (Lipinski definition) is 9. The topological polar surface area (TPSA) is 133 Å². The highest BCUT2D eigenvalue weighted by molar-refractivity contribution is 6.29. The molecule has 0 radical (unpaired) electrons. The monoisotopic (exact) mass is 486 g/mol. The maximum Gasteiger partial charge on any atom is 0.338 e. The fourth-order valence-corrected chi connectivity index (χ4v) is 2.85. The van der Waals surface area contributed by atoms with E-state index in [1.165, 1.54) is 0 Å². The second-order valence-electron chi connectivity index (χ2n) is 6.28. The number of nitrogens with one attached hydrogen (secondary N) is 2. The van der Waals surface area contributed by atoms with E-state index in [9.17, 15) is 4.79 Å². The van der Waals surface area contributed by atoms with E-state index in [0.717, 1.165) is 17.1 Å². The summed E-state index contributed by atoms with van der Waals surface area (Å²) in [6, 6.07) is 13.7. The van der Waals surface area contributed by atoms with Gasteiger partial charge in [-0.25, -0.2) is 19.4 Å². The largest absolute Gasteiger partial charge is 0.462 e. The minimum absolute atomic E-state index is 0.346. The SMILES string of the molecule is CCOC(=O)c1ccc(Nc2ncn(-c3ccnc(Cl)c3)n2)cc1.NNc1ccnc(Cl)c1. The molecule has 0 fully saturated rings. The van der Waals surface area contributed by atoms with Crippen molar-refractivity contribution in [1.82, 2.24) is 24.7 Å². The first-order valence-corrected chi connectivity index (χ1v) is 10.4. The number of esters is 1. The molecule has 4 aromatic rings. The third-order valence-electron chi connectivity index (χ3n) is 4.01. The van der Waals surface area contributed by atoms with Crippen LogP contribution in [0, 0.1) is 0 Å². The number of hydrogen-bond donors (Lipinski definition) is 3. The van der Waals surface area contributed by atoms with Crippen LogP contribution in [0.5, 0.6) is 0 Å². The fourth-order valence-electron chi connectivity index (χ4n) is 2.50. The second-order valence-corrected chi connectivity index (χ2v) is 7.06. The zero-order valence-electron chi connectivity index (χ0n) is 17.4. The molecule has 33 heavy (non-hydrogen) atoms. The maximum absolute atomic E-state index is 11.6. The molecule has 10 nitrogen and oxygen atoms in total. The van der Waals surface area contributed by atoms with E-state index in [2.05, 4.69) is 30.8 Å². The first-order chi connectivity index (χ1) is 16.0. The molecular weight excluding hydrogens is 467 g/mol. The minimum Gasteiger partial charge on any atom is -0.462 e. The average Bonchev–Trinajstić information content (AvgIpc) is 3.29. The van der Waals surface area contributed by atoms with Gasteiger partial charge in [0.2, 0.25) is 5.95 Å². The highest BCUT2D eigenvalue weighted by atomic mass is 35.5. The van der Waals surface area contributed by atoms with Crippen LogP contribution >= 0.6 is 23.2 Å². The van der Waals surface area contributed by atoms with Crippen molar-refractivity contribution in [2.45, 2.75) is 6.92 Å². The molecule has 4 rings (SSSR count). The Labute approximate surface area is 199 Å². The summed E-state index contributed by atoms with van der Waals surface area (Å²) in [7, 11) is 0. The predicted molar refractivity (Wildman–Crippen MR) is 127 cm³/mol. The highest BCUT2D eigenvalue weighted by Gasteiger charge is 2.07. The second kappa shape index (κ2) is 11.8. The number of hydrazine groups is 1. The fraction of sp³-hybridized carbons (Fsp3) is 0.0952. The number of benzene rings is 1. The van der Waals surface area contributed by atoms with Gasteiger partial charge in [0.05, 0.1) is 23.5 Å². The number of carbonyl (C=O) groups excluding carboxylic acids is 1. The Balaban J connectivity index is 0.000000286. The van der Waals surface area contributed by atoms with Gasteiger partial charge >= 0.3 is 5.97 Å². The smallest absolute Gasteiger partial charge is 0.338 e. The summed E-state index contributed by atoms with van der Waals surface area (Å²) in [5.41, 5.74) is 5.21. The number of nitrogens with zero attached hydrogens (tertiary/aromatic N) is 5. The molecule has 4 N–H and O–H groups in total. The quantitative estimate of drug-likeness (QED) is 0.158.